The first kappa shape index (κ1) is 15.8. The summed E-state index contributed by atoms with van der Waals surface area (Å²) in [6, 6.07) is 0.295. The Hall–Kier alpha value is -0.220. The average molecular weight is 272 g/mol. The van der Waals surface area contributed by atoms with Crippen LogP contribution in [0.5, 0.6) is 0 Å². The first-order chi connectivity index (χ1) is 8.38. The molecule has 0 bridgehead atoms. The number of amides is 1. The van der Waals surface area contributed by atoms with Gasteiger partial charge in [0.15, 0.2) is 0 Å². The van der Waals surface area contributed by atoms with Crippen LogP contribution in [0.15, 0.2) is 0 Å². The van der Waals surface area contributed by atoms with Crippen LogP contribution in [0.1, 0.15) is 47.0 Å². The molecule has 1 fully saturated rings. The monoisotopic (exact) mass is 272 g/mol. The molecule has 1 aliphatic carbocycles. The maximum absolute atomic E-state index is 11.9. The maximum atomic E-state index is 11.9. The van der Waals surface area contributed by atoms with E-state index in [-0.39, 0.29) is 5.91 Å². The molecule has 3 N–H and O–H groups in total. The minimum Gasteiger partial charge on any atom is -0.368 e. The van der Waals surface area contributed by atoms with Crippen LogP contribution in [-0.2, 0) is 4.79 Å². The molecular weight excluding hydrogens is 244 g/mol. The van der Waals surface area contributed by atoms with Gasteiger partial charge in [0.1, 0.15) is 5.54 Å². The van der Waals surface area contributed by atoms with Gasteiger partial charge in [0.05, 0.1) is 0 Å². The smallest absolute Gasteiger partial charge is 0.238 e. The minimum absolute atomic E-state index is 0.171. The lowest BCUT2D eigenvalue weighted by Gasteiger charge is -2.34. The molecule has 1 rings (SSSR count). The minimum atomic E-state index is -0.476. The Balaban J connectivity index is 2.56. The van der Waals surface area contributed by atoms with Gasteiger partial charge in [-0.25, -0.2) is 0 Å². The van der Waals surface area contributed by atoms with E-state index < -0.39 is 5.54 Å². The van der Waals surface area contributed by atoms with Crippen LogP contribution in [0.2, 0.25) is 0 Å². The van der Waals surface area contributed by atoms with Crippen LogP contribution in [0.25, 0.3) is 0 Å². The highest BCUT2D eigenvalue weighted by atomic mass is 32.2. The molecule has 18 heavy (non-hydrogen) atoms. The number of rotatable bonds is 9. The summed E-state index contributed by atoms with van der Waals surface area (Å²) in [5.41, 5.74) is 5.21. The largest absolute Gasteiger partial charge is 0.368 e. The normalized spacial score (nSPS) is 19.2. The molecule has 0 radical (unpaired) electrons. The zero-order chi connectivity index (χ0) is 13.8. The first-order valence-electron chi connectivity index (χ1n) is 7.04. The second-order valence-corrected chi connectivity index (χ2v) is 7.25. The summed E-state index contributed by atoms with van der Waals surface area (Å²) in [5.74, 6) is 2.93. The standard InChI is InChI=1S/C14H28N2OS/c1-10(2)7-8-18-9-14(13(15)17,12-5-6-12)16-11(3)4/h10-12,16H,5-9H2,1-4H3,(H2,15,17). The zero-order valence-electron chi connectivity index (χ0n) is 12.2. The number of carbonyl (C=O) groups excluding carboxylic acids is 1. The predicted octanol–water partition coefficient (Wildman–Crippen LogP) is 2.40. The molecule has 0 aromatic carbocycles. The number of hydrogen-bond donors (Lipinski definition) is 2. The van der Waals surface area contributed by atoms with Crippen molar-refractivity contribution in [1.82, 2.24) is 5.32 Å². The van der Waals surface area contributed by atoms with Gasteiger partial charge in [-0.2, -0.15) is 11.8 Å². The van der Waals surface area contributed by atoms with Crippen molar-refractivity contribution in [3.05, 3.63) is 0 Å². The van der Waals surface area contributed by atoms with Crippen molar-refractivity contribution in [3.8, 4) is 0 Å². The quantitative estimate of drug-likeness (QED) is 0.634. The summed E-state index contributed by atoms with van der Waals surface area (Å²) in [5, 5.41) is 3.45. The van der Waals surface area contributed by atoms with Crippen molar-refractivity contribution in [2.45, 2.75) is 58.5 Å². The summed E-state index contributed by atoms with van der Waals surface area (Å²) >= 11 is 1.86. The van der Waals surface area contributed by atoms with Gasteiger partial charge in [0.2, 0.25) is 5.91 Å². The van der Waals surface area contributed by atoms with Gasteiger partial charge in [-0.15, -0.1) is 0 Å². The fourth-order valence-electron chi connectivity index (χ4n) is 2.26. The van der Waals surface area contributed by atoms with E-state index in [0.29, 0.717) is 12.0 Å². The number of nitrogens with one attached hydrogen (secondary N) is 1. The number of carbonyl (C=O) groups is 1. The van der Waals surface area contributed by atoms with Crippen molar-refractivity contribution < 1.29 is 4.79 Å². The molecule has 1 saturated carbocycles. The Bertz CT molecular complexity index is 277. The summed E-state index contributed by atoms with van der Waals surface area (Å²) in [4.78, 5) is 11.9. The van der Waals surface area contributed by atoms with Gasteiger partial charge in [-0.1, -0.05) is 13.8 Å². The van der Waals surface area contributed by atoms with Crippen molar-refractivity contribution in [3.63, 3.8) is 0 Å². The van der Waals surface area contributed by atoms with Gasteiger partial charge >= 0.3 is 0 Å². The summed E-state index contributed by atoms with van der Waals surface area (Å²) in [6.07, 6.45) is 3.46. The van der Waals surface area contributed by atoms with Crippen LogP contribution in [0.3, 0.4) is 0 Å². The van der Waals surface area contributed by atoms with E-state index in [0.717, 1.165) is 30.3 Å². The van der Waals surface area contributed by atoms with E-state index >= 15 is 0 Å². The van der Waals surface area contributed by atoms with Crippen LogP contribution in [0.4, 0.5) is 0 Å². The zero-order valence-corrected chi connectivity index (χ0v) is 13.0. The van der Waals surface area contributed by atoms with E-state index in [9.17, 15) is 4.79 Å². The fraction of sp³-hybridized carbons (Fsp3) is 0.929. The lowest BCUT2D eigenvalue weighted by molar-refractivity contribution is -0.124. The highest BCUT2D eigenvalue weighted by Gasteiger charge is 2.49. The van der Waals surface area contributed by atoms with Gasteiger partial charge in [0.25, 0.3) is 0 Å². The predicted molar refractivity (Wildman–Crippen MR) is 79.7 cm³/mol. The molecule has 0 spiro atoms. The molecule has 4 heteroatoms. The highest BCUT2D eigenvalue weighted by Crippen LogP contribution is 2.41. The summed E-state index contributed by atoms with van der Waals surface area (Å²) < 4.78 is 0. The van der Waals surface area contributed by atoms with Crippen molar-refractivity contribution in [1.29, 1.82) is 0 Å². The number of primary amides is 1. The molecule has 0 heterocycles. The lowest BCUT2D eigenvalue weighted by Crippen LogP contribution is -2.61. The molecule has 0 aromatic rings. The van der Waals surface area contributed by atoms with Crippen molar-refractivity contribution in [2.24, 2.45) is 17.6 Å². The van der Waals surface area contributed by atoms with Gasteiger partial charge < -0.3 is 11.1 Å². The average Bonchev–Trinajstić information content (AvgIpc) is 3.05. The molecule has 1 atom stereocenters. The van der Waals surface area contributed by atoms with Crippen LogP contribution < -0.4 is 11.1 Å². The molecule has 0 saturated heterocycles. The molecule has 1 aliphatic rings. The van der Waals surface area contributed by atoms with Gasteiger partial charge in [-0.05, 0) is 50.7 Å². The molecular formula is C14H28N2OS. The molecule has 1 amide bonds. The van der Waals surface area contributed by atoms with Crippen molar-refractivity contribution >= 4 is 17.7 Å². The molecule has 3 nitrogen and oxygen atoms in total. The van der Waals surface area contributed by atoms with Crippen molar-refractivity contribution in [2.75, 3.05) is 11.5 Å². The number of hydrogen-bond acceptors (Lipinski definition) is 3. The third-order valence-corrected chi connectivity index (χ3v) is 4.61. The summed E-state index contributed by atoms with van der Waals surface area (Å²) in [7, 11) is 0. The molecule has 1 unspecified atom stereocenters. The Morgan fingerprint density at radius 1 is 1.39 bits per heavy atom. The highest BCUT2D eigenvalue weighted by molar-refractivity contribution is 7.99. The molecule has 0 aliphatic heterocycles. The first-order valence-corrected chi connectivity index (χ1v) is 8.19. The Labute approximate surface area is 116 Å². The second kappa shape index (κ2) is 6.80. The number of nitrogens with two attached hydrogens (primary N) is 1. The van der Waals surface area contributed by atoms with E-state index in [4.69, 9.17) is 5.73 Å². The Morgan fingerprint density at radius 2 is 2.00 bits per heavy atom. The van der Waals surface area contributed by atoms with E-state index in [1.807, 2.05) is 11.8 Å². The Kier molecular flexibility index (Phi) is 5.99. The van der Waals surface area contributed by atoms with E-state index in [1.54, 1.807) is 0 Å². The fourth-order valence-corrected chi connectivity index (χ4v) is 3.83. The molecule has 0 aromatic heterocycles. The Morgan fingerprint density at radius 3 is 2.39 bits per heavy atom. The van der Waals surface area contributed by atoms with Crippen LogP contribution >= 0.6 is 11.8 Å². The van der Waals surface area contributed by atoms with Crippen LogP contribution in [-0.4, -0.2) is 29.0 Å². The lowest BCUT2D eigenvalue weighted by atomic mass is 9.93. The molecule has 106 valence electrons. The second-order valence-electron chi connectivity index (χ2n) is 6.14. The third-order valence-electron chi connectivity index (χ3n) is 3.43. The van der Waals surface area contributed by atoms with Crippen LogP contribution in [0, 0.1) is 11.8 Å². The maximum Gasteiger partial charge on any atom is 0.238 e. The van der Waals surface area contributed by atoms with Gasteiger partial charge in [0, 0.05) is 11.8 Å². The number of thioether (sulfide) groups is 1. The van der Waals surface area contributed by atoms with E-state index in [1.165, 1.54) is 6.42 Å². The van der Waals surface area contributed by atoms with E-state index in [2.05, 4.69) is 33.0 Å². The SMILES string of the molecule is CC(C)CCSCC(NC(C)C)(C(N)=O)C1CC1. The summed E-state index contributed by atoms with van der Waals surface area (Å²) in [6.45, 7) is 8.63. The topological polar surface area (TPSA) is 55.1 Å². The van der Waals surface area contributed by atoms with Gasteiger partial charge in [-0.3, -0.25) is 4.79 Å². The third kappa shape index (κ3) is 4.47.